The van der Waals surface area contributed by atoms with Crippen LogP contribution in [-0.4, -0.2) is 24.2 Å². The minimum Gasteiger partial charge on any atom is -0.262 e. The van der Waals surface area contributed by atoms with Gasteiger partial charge in [-0.3, -0.25) is 9.59 Å². The molecular weight excluding hydrogens is 351 g/mol. The Kier molecular flexibility index (Phi) is 6.48. The van der Waals surface area contributed by atoms with Gasteiger partial charge in [0.25, 0.3) is 0 Å². The average Bonchev–Trinajstić information content (AvgIpc) is 2.58. The van der Waals surface area contributed by atoms with E-state index in [1.165, 1.54) is 12.4 Å². The maximum atomic E-state index is 11.5. The highest BCUT2D eigenvalue weighted by atomic mass is 35.5. The summed E-state index contributed by atoms with van der Waals surface area (Å²) < 4.78 is 0. The van der Waals surface area contributed by atoms with Gasteiger partial charge in [0.2, 0.25) is 0 Å². The molecule has 0 aliphatic rings. The summed E-state index contributed by atoms with van der Waals surface area (Å²) >= 11 is 11.5. The lowest BCUT2D eigenvalue weighted by Crippen LogP contribution is -2.35. The molecule has 0 spiro atoms. The van der Waals surface area contributed by atoms with Gasteiger partial charge in [-0.05, 0) is 35.4 Å². The molecule has 0 aliphatic carbocycles. The van der Waals surface area contributed by atoms with Gasteiger partial charge < -0.3 is 0 Å². The molecule has 122 valence electrons. The summed E-state index contributed by atoms with van der Waals surface area (Å²) in [5.74, 6) is -1.87. The number of rotatable bonds is 4. The summed E-state index contributed by atoms with van der Waals surface area (Å²) in [5, 5.41) is 8.53. The Morgan fingerprint density at radius 1 is 0.708 bits per heavy atom. The zero-order valence-electron chi connectivity index (χ0n) is 12.2. The zero-order chi connectivity index (χ0) is 17.4. The van der Waals surface area contributed by atoms with Gasteiger partial charge in [-0.25, -0.2) is 10.9 Å². The summed E-state index contributed by atoms with van der Waals surface area (Å²) in [5.41, 5.74) is 5.64. The number of benzene rings is 2. The van der Waals surface area contributed by atoms with E-state index in [9.17, 15) is 9.59 Å². The van der Waals surface area contributed by atoms with Crippen LogP contribution in [0, 0.1) is 0 Å². The Bertz CT molecular complexity index is 704. The van der Waals surface area contributed by atoms with Gasteiger partial charge in [0.15, 0.2) is 0 Å². The molecule has 0 saturated heterocycles. The number of hydrazone groups is 2. The molecule has 2 rings (SSSR count). The van der Waals surface area contributed by atoms with E-state index >= 15 is 0 Å². The fourth-order valence-electron chi connectivity index (χ4n) is 1.53. The number of nitrogens with zero attached hydrogens (tertiary/aromatic N) is 2. The molecule has 2 aromatic carbocycles. The smallest absolute Gasteiger partial charge is 0.262 e. The van der Waals surface area contributed by atoms with Crippen LogP contribution in [0.3, 0.4) is 0 Å². The molecule has 0 saturated carbocycles. The molecule has 0 unspecified atom stereocenters. The second kappa shape index (κ2) is 8.81. The minimum atomic E-state index is -0.937. The van der Waals surface area contributed by atoms with Crippen molar-refractivity contribution in [2.45, 2.75) is 0 Å². The fourth-order valence-corrected chi connectivity index (χ4v) is 1.78. The van der Waals surface area contributed by atoms with E-state index in [0.717, 1.165) is 11.1 Å². The van der Waals surface area contributed by atoms with Crippen molar-refractivity contribution in [1.82, 2.24) is 10.9 Å². The summed E-state index contributed by atoms with van der Waals surface area (Å²) in [7, 11) is 0. The first-order valence-corrected chi connectivity index (χ1v) is 7.48. The Morgan fingerprint density at radius 2 is 1.04 bits per heavy atom. The third-order valence-electron chi connectivity index (χ3n) is 2.71. The second-order valence-electron chi connectivity index (χ2n) is 4.50. The molecule has 2 N–H and O–H groups in total. The highest BCUT2D eigenvalue weighted by Gasteiger charge is 2.10. The van der Waals surface area contributed by atoms with E-state index in [0.29, 0.717) is 10.0 Å². The van der Waals surface area contributed by atoms with Crippen molar-refractivity contribution in [3.8, 4) is 0 Å². The van der Waals surface area contributed by atoms with Crippen LogP contribution in [0.15, 0.2) is 58.7 Å². The van der Waals surface area contributed by atoms with Crippen molar-refractivity contribution in [3.63, 3.8) is 0 Å². The van der Waals surface area contributed by atoms with Gasteiger partial charge >= 0.3 is 11.8 Å². The Balaban J connectivity index is 1.80. The zero-order valence-corrected chi connectivity index (χ0v) is 13.8. The third-order valence-corrected chi connectivity index (χ3v) is 3.21. The van der Waals surface area contributed by atoms with Gasteiger partial charge in [-0.15, -0.1) is 0 Å². The molecule has 8 heteroatoms. The SMILES string of the molecule is O=C(N/N=C\c1ccc(Cl)cc1)C(=O)N/N=C/c1ccc(Cl)cc1. The molecular formula is C16H12Cl2N4O2. The van der Waals surface area contributed by atoms with Crippen LogP contribution >= 0.6 is 23.2 Å². The number of hydrogen-bond donors (Lipinski definition) is 2. The summed E-state index contributed by atoms with van der Waals surface area (Å²) in [6, 6.07) is 13.6. The van der Waals surface area contributed by atoms with Crippen LogP contribution in [0.4, 0.5) is 0 Å². The predicted octanol–water partition coefficient (Wildman–Crippen LogP) is 2.59. The number of carbonyl (C=O) groups is 2. The second-order valence-corrected chi connectivity index (χ2v) is 5.37. The number of carbonyl (C=O) groups excluding carboxylic acids is 2. The molecule has 0 aromatic heterocycles. The van der Waals surface area contributed by atoms with E-state index in [1.54, 1.807) is 48.5 Å². The molecule has 2 aromatic rings. The van der Waals surface area contributed by atoms with Crippen LogP contribution in [0.2, 0.25) is 10.0 Å². The molecule has 0 heterocycles. The van der Waals surface area contributed by atoms with Crippen molar-refractivity contribution in [2.24, 2.45) is 10.2 Å². The topological polar surface area (TPSA) is 82.9 Å². The fraction of sp³-hybridized carbons (Fsp3) is 0. The van der Waals surface area contributed by atoms with E-state index in [1.807, 2.05) is 0 Å². The quantitative estimate of drug-likeness (QED) is 0.497. The first kappa shape index (κ1) is 17.7. The number of hydrogen-bond acceptors (Lipinski definition) is 4. The van der Waals surface area contributed by atoms with Crippen molar-refractivity contribution >= 4 is 47.4 Å². The standard InChI is InChI=1S/C16H12Cl2N4O2/c17-13-5-1-11(2-6-13)9-19-21-15(23)16(24)22-20-10-12-3-7-14(18)8-4-12/h1-10H,(H,21,23)(H,22,24)/b19-9-,20-10+. The Morgan fingerprint density at radius 3 is 1.38 bits per heavy atom. The van der Waals surface area contributed by atoms with Crippen molar-refractivity contribution in [1.29, 1.82) is 0 Å². The normalized spacial score (nSPS) is 10.9. The third kappa shape index (κ3) is 5.83. The lowest BCUT2D eigenvalue weighted by molar-refractivity contribution is -0.139. The van der Waals surface area contributed by atoms with Crippen LogP contribution in [0.5, 0.6) is 0 Å². The molecule has 6 nitrogen and oxygen atoms in total. The maximum absolute atomic E-state index is 11.5. The van der Waals surface area contributed by atoms with E-state index in [2.05, 4.69) is 21.1 Å². The molecule has 0 aliphatic heterocycles. The van der Waals surface area contributed by atoms with Crippen molar-refractivity contribution in [2.75, 3.05) is 0 Å². The lowest BCUT2D eigenvalue weighted by atomic mass is 10.2. The summed E-state index contributed by atoms with van der Waals surface area (Å²) in [6.45, 7) is 0. The van der Waals surface area contributed by atoms with Crippen molar-refractivity contribution in [3.05, 3.63) is 69.7 Å². The van der Waals surface area contributed by atoms with E-state index < -0.39 is 11.8 Å². The molecule has 0 bridgehead atoms. The highest BCUT2D eigenvalue weighted by molar-refractivity contribution is 6.35. The lowest BCUT2D eigenvalue weighted by Gasteiger charge is -1.98. The summed E-state index contributed by atoms with van der Waals surface area (Å²) in [4.78, 5) is 23.1. The van der Waals surface area contributed by atoms with Crippen LogP contribution in [0.1, 0.15) is 11.1 Å². The molecule has 2 amide bonds. The highest BCUT2D eigenvalue weighted by Crippen LogP contribution is 2.08. The van der Waals surface area contributed by atoms with Crippen LogP contribution in [-0.2, 0) is 9.59 Å². The van der Waals surface area contributed by atoms with Gasteiger partial charge in [-0.2, -0.15) is 10.2 Å². The predicted molar refractivity (Wildman–Crippen MR) is 94.4 cm³/mol. The van der Waals surface area contributed by atoms with Gasteiger partial charge in [0.05, 0.1) is 12.4 Å². The Labute approximate surface area is 148 Å². The van der Waals surface area contributed by atoms with E-state index in [4.69, 9.17) is 23.2 Å². The van der Waals surface area contributed by atoms with Crippen LogP contribution < -0.4 is 10.9 Å². The first-order chi connectivity index (χ1) is 11.5. The Hall–Kier alpha value is -2.70. The number of halogens is 2. The first-order valence-electron chi connectivity index (χ1n) is 6.72. The molecule has 24 heavy (non-hydrogen) atoms. The largest absolute Gasteiger partial charge is 0.331 e. The maximum Gasteiger partial charge on any atom is 0.331 e. The van der Waals surface area contributed by atoms with E-state index in [-0.39, 0.29) is 0 Å². The average molecular weight is 363 g/mol. The minimum absolute atomic E-state index is 0.592. The van der Waals surface area contributed by atoms with Crippen molar-refractivity contribution < 1.29 is 9.59 Å². The molecule has 0 atom stereocenters. The van der Waals surface area contributed by atoms with Gasteiger partial charge in [-0.1, -0.05) is 47.5 Å². The summed E-state index contributed by atoms with van der Waals surface area (Å²) in [6.07, 6.45) is 2.77. The number of amides is 2. The van der Waals surface area contributed by atoms with Gasteiger partial charge in [0, 0.05) is 10.0 Å². The molecule has 0 fully saturated rings. The van der Waals surface area contributed by atoms with Gasteiger partial charge in [0.1, 0.15) is 0 Å². The van der Waals surface area contributed by atoms with Crippen LogP contribution in [0.25, 0.3) is 0 Å². The number of nitrogens with one attached hydrogen (secondary N) is 2. The molecule has 0 radical (unpaired) electrons. The monoisotopic (exact) mass is 362 g/mol.